The van der Waals surface area contributed by atoms with Crippen LogP contribution in [-0.2, 0) is 10.3 Å². The van der Waals surface area contributed by atoms with Gasteiger partial charge in [0.05, 0.1) is 5.52 Å². The van der Waals surface area contributed by atoms with Crippen LogP contribution >= 0.6 is 11.6 Å². The van der Waals surface area contributed by atoms with E-state index in [1.807, 2.05) is 37.3 Å². The largest absolute Gasteiger partial charge is 0.327 e. The van der Waals surface area contributed by atoms with Crippen LogP contribution in [0.15, 0.2) is 42.5 Å². The number of carbonyl (C=O) groups is 2. The number of anilines is 1. The van der Waals surface area contributed by atoms with Gasteiger partial charge in [0, 0.05) is 40.0 Å². The number of amides is 2. The number of benzene rings is 2. The predicted octanol–water partition coefficient (Wildman–Crippen LogP) is 3.39. The molecule has 2 aromatic carbocycles. The van der Waals surface area contributed by atoms with Gasteiger partial charge in [0.15, 0.2) is 5.54 Å². The van der Waals surface area contributed by atoms with Crippen molar-refractivity contribution in [1.82, 2.24) is 9.88 Å². The van der Waals surface area contributed by atoms with Gasteiger partial charge >= 0.3 is 6.03 Å². The Labute approximate surface area is 148 Å². The van der Waals surface area contributed by atoms with E-state index in [0.717, 1.165) is 27.8 Å². The smallest absolute Gasteiger partial charge is 0.315 e. The molecule has 1 N–H and O–H groups in total. The normalized spacial score (nSPS) is 21.2. The van der Waals surface area contributed by atoms with Crippen LogP contribution in [0.1, 0.15) is 16.8 Å². The average molecular weight is 352 g/mol. The fourth-order valence-electron chi connectivity index (χ4n) is 4.20. The lowest BCUT2D eigenvalue weighted by molar-refractivity contribution is -0.122. The van der Waals surface area contributed by atoms with Gasteiger partial charge in [-0.25, -0.2) is 4.79 Å². The van der Waals surface area contributed by atoms with Crippen molar-refractivity contribution in [2.24, 2.45) is 0 Å². The molecule has 3 heterocycles. The first-order valence-corrected chi connectivity index (χ1v) is 8.35. The highest BCUT2D eigenvalue weighted by Crippen LogP contribution is 2.48. The number of halogens is 1. The summed E-state index contributed by atoms with van der Waals surface area (Å²) in [5, 5.41) is 4.44. The van der Waals surface area contributed by atoms with Gasteiger partial charge in [0.25, 0.3) is 5.91 Å². The van der Waals surface area contributed by atoms with Crippen LogP contribution in [0.25, 0.3) is 10.9 Å². The standard InChI is InChI=1S/C19H14ClN3O2/c1-10-8-11-4-3-5-13-16(11)23(10)18(25)21-19(13)14-9-12(20)6-7-15(14)22(2)17(19)24/h3-9H,1-2H3,(H,21,25). The van der Waals surface area contributed by atoms with Crippen LogP contribution in [0.4, 0.5) is 10.5 Å². The molecule has 2 aliphatic rings. The second-order valence-electron chi connectivity index (χ2n) is 6.57. The first kappa shape index (κ1) is 14.5. The third kappa shape index (κ3) is 1.54. The number of likely N-dealkylation sites (N-methyl/N-ethyl adjacent to an activating group) is 1. The zero-order valence-electron chi connectivity index (χ0n) is 13.6. The Kier molecular flexibility index (Phi) is 2.58. The molecule has 1 atom stereocenters. The van der Waals surface area contributed by atoms with E-state index < -0.39 is 5.54 Å². The number of fused-ring (bicyclic) bond motifs is 3. The van der Waals surface area contributed by atoms with E-state index in [1.54, 1.807) is 28.6 Å². The highest BCUT2D eigenvalue weighted by atomic mass is 35.5. The summed E-state index contributed by atoms with van der Waals surface area (Å²) >= 11 is 6.22. The maximum atomic E-state index is 13.3. The first-order valence-electron chi connectivity index (χ1n) is 7.97. The number of aryl methyl sites for hydroxylation is 1. The van der Waals surface area contributed by atoms with Crippen LogP contribution in [0.5, 0.6) is 0 Å². The van der Waals surface area contributed by atoms with Gasteiger partial charge in [-0.05, 0) is 31.2 Å². The molecule has 1 spiro atoms. The van der Waals surface area contributed by atoms with Gasteiger partial charge in [-0.1, -0.05) is 29.8 Å². The fraction of sp³-hybridized carbons (Fsp3) is 0.158. The maximum absolute atomic E-state index is 13.3. The minimum absolute atomic E-state index is 0.185. The maximum Gasteiger partial charge on any atom is 0.327 e. The second kappa shape index (κ2) is 4.43. The summed E-state index contributed by atoms with van der Waals surface area (Å²) in [5.74, 6) is -0.185. The van der Waals surface area contributed by atoms with Crippen molar-refractivity contribution in [2.45, 2.75) is 12.5 Å². The third-order valence-electron chi connectivity index (χ3n) is 5.26. The molecule has 2 amide bonds. The number of hydrogen-bond acceptors (Lipinski definition) is 2. The van der Waals surface area contributed by atoms with E-state index in [2.05, 4.69) is 5.32 Å². The number of para-hydroxylation sites is 1. The minimum atomic E-state index is -1.24. The Balaban J connectivity index is 1.96. The van der Waals surface area contributed by atoms with Gasteiger partial charge in [0.2, 0.25) is 0 Å². The second-order valence-corrected chi connectivity index (χ2v) is 7.01. The quantitative estimate of drug-likeness (QED) is 0.675. The van der Waals surface area contributed by atoms with Gasteiger partial charge in [-0.15, -0.1) is 0 Å². The number of nitrogens with zero attached hydrogens (tertiary/aromatic N) is 2. The van der Waals surface area contributed by atoms with Crippen molar-refractivity contribution in [3.05, 3.63) is 64.3 Å². The van der Waals surface area contributed by atoms with Crippen molar-refractivity contribution in [3.8, 4) is 0 Å². The molecular weight excluding hydrogens is 338 g/mol. The molecule has 124 valence electrons. The predicted molar refractivity (Wildman–Crippen MR) is 96.2 cm³/mol. The van der Waals surface area contributed by atoms with Crippen molar-refractivity contribution in [3.63, 3.8) is 0 Å². The monoisotopic (exact) mass is 351 g/mol. The molecule has 5 nitrogen and oxygen atoms in total. The summed E-state index contributed by atoms with van der Waals surface area (Å²) in [6, 6.07) is 12.8. The molecular formula is C19H14ClN3O2. The molecule has 1 unspecified atom stereocenters. The highest BCUT2D eigenvalue weighted by molar-refractivity contribution is 6.31. The number of carbonyl (C=O) groups excluding carboxylic acids is 2. The SMILES string of the molecule is Cc1cc2cccc3c2n1C(=O)NC31C(=O)N(C)c2ccc(Cl)cc21. The number of nitrogens with one attached hydrogen (secondary N) is 1. The van der Waals surface area contributed by atoms with E-state index in [4.69, 9.17) is 11.6 Å². The summed E-state index contributed by atoms with van der Waals surface area (Å²) in [4.78, 5) is 27.8. The number of aromatic nitrogens is 1. The van der Waals surface area contributed by atoms with Gasteiger partial charge < -0.3 is 10.2 Å². The summed E-state index contributed by atoms with van der Waals surface area (Å²) in [6.07, 6.45) is 0. The van der Waals surface area contributed by atoms with Gasteiger partial charge in [-0.3, -0.25) is 9.36 Å². The van der Waals surface area contributed by atoms with E-state index >= 15 is 0 Å². The molecule has 5 rings (SSSR count). The van der Waals surface area contributed by atoms with Crippen LogP contribution in [0.3, 0.4) is 0 Å². The third-order valence-corrected chi connectivity index (χ3v) is 5.49. The molecule has 1 aromatic heterocycles. The van der Waals surface area contributed by atoms with Crippen LogP contribution in [0.2, 0.25) is 5.02 Å². The lowest BCUT2D eigenvalue weighted by Crippen LogP contribution is -2.57. The van der Waals surface area contributed by atoms with E-state index in [1.165, 1.54) is 0 Å². The molecule has 3 aromatic rings. The molecule has 0 radical (unpaired) electrons. The molecule has 0 aliphatic carbocycles. The van der Waals surface area contributed by atoms with E-state index in [-0.39, 0.29) is 11.9 Å². The Morgan fingerprint density at radius 3 is 2.68 bits per heavy atom. The Morgan fingerprint density at radius 1 is 1.08 bits per heavy atom. The summed E-state index contributed by atoms with van der Waals surface area (Å²) < 4.78 is 1.63. The fourth-order valence-corrected chi connectivity index (χ4v) is 4.37. The number of rotatable bonds is 0. The minimum Gasteiger partial charge on any atom is -0.315 e. The van der Waals surface area contributed by atoms with Crippen molar-refractivity contribution < 1.29 is 9.59 Å². The molecule has 6 heteroatoms. The zero-order chi connectivity index (χ0) is 17.5. The molecule has 0 saturated carbocycles. The lowest BCUT2D eigenvalue weighted by atomic mass is 9.82. The topological polar surface area (TPSA) is 54.3 Å². The Hall–Kier alpha value is -2.79. The van der Waals surface area contributed by atoms with Crippen molar-refractivity contribution in [1.29, 1.82) is 0 Å². The first-order chi connectivity index (χ1) is 11.9. The molecule has 0 bridgehead atoms. The van der Waals surface area contributed by atoms with Gasteiger partial charge in [0.1, 0.15) is 0 Å². The Morgan fingerprint density at radius 2 is 1.88 bits per heavy atom. The zero-order valence-corrected chi connectivity index (χ0v) is 14.4. The van der Waals surface area contributed by atoms with Crippen molar-refractivity contribution in [2.75, 3.05) is 11.9 Å². The van der Waals surface area contributed by atoms with Crippen LogP contribution < -0.4 is 10.2 Å². The van der Waals surface area contributed by atoms with E-state index in [9.17, 15) is 9.59 Å². The number of hydrogen-bond donors (Lipinski definition) is 1. The Bertz CT molecular complexity index is 1120. The molecule has 2 aliphatic heterocycles. The van der Waals surface area contributed by atoms with E-state index in [0.29, 0.717) is 10.6 Å². The lowest BCUT2D eigenvalue weighted by Gasteiger charge is -2.35. The molecule has 0 fully saturated rings. The molecule has 0 saturated heterocycles. The highest BCUT2D eigenvalue weighted by Gasteiger charge is 2.55. The van der Waals surface area contributed by atoms with Gasteiger partial charge in [-0.2, -0.15) is 0 Å². The summed E-state index contributed by atoms with van der Waals surface area (Å²) in [5.41, 5.74) is 2.60. The summed E-state index contributed by atoms with van der Waals surface area (Å²) in [7, 11) is 1.72. The average Bonchev–Trinajstić information content (AvgIpc) is 3.02. The van der Waals surface area contributed by atoms with Crippen LogP contribution in [-0.4, -0.2) is 23.6 Å². The van der Waals surface area contributed by atoms with Crippen LogP contribution in [0, 0.1) is 6.92 Å². The van der Waals surface area contributed by atoms with Crippen molar-refractivity contribution >= 4 is 40.1 Å². The summed E-state index contributed by atoms with van der Waals surface area (Å²) in [6.45, 7) is 1.88. The molecule has 25 heavy (non-hydrogen) atoms.